The second kappa shape index (κ2) is 8.71. The predicted molar refractivity (Wildman–Crippen MR) is 84.4 cm³/mol. The van der Waals surface area contributed by atoms with Crippen molar-refractivity contribution in [1.82, 2.24) is 10.2 Å². The van der Waals surface area contributed by atoms with Crippen molar-refractivity contribution in [2.75, 3.05) is 33.9 Å². The Labute approximate surface area is 129 Å². The maximum Gasteiger partial charge on any atom is 0.325 e. The molecule has 0 saturated carbocycles. The van der Waals surface area contributed by atoms with E-state index in [1.807, 2.05) is 13.8 Å². The SMILES string of the molecule is CCNC(C)(CCCCN(C)C1CCOC1C)C(=O)OC. The van der Waals surface area contributed by atoms with E-state index in [0.29, 0.717) is 12.1 Å². The third-order valence-corrected chi connectivity index (χ3v) is 4.54. The number of nitrogens with zero attached hydrogens (tertiary/aromatic N) is 1. The summed E-state index contributed by atoms with van der Waals surface area (Å²) in [4.78, 5) is 14.3. The molecule has 3 unspecified atom stereocenters. The summed E-state index contributed by atoms with van der Waals surface area (Å²) < 4.78 is 10.5. The van der Waals surface area contributed by atoms with Gasteiger partial charge < -0.3 is 19.7 Å². The molecule has 0 aromatic carbocycles. The van der Waals surface area contributed by atoms with E-state index >= 15 is 0 Å². The second-order valence-electron chi connectivity index (χ2n) is 6.22. The van der Waals surface area contributed by atoms with Crippen LogP contribution in [0.1, 0.15) is 46.5 Å². The highest BCUT2D eigenvalue weighted by atomic mass is 16.5. The fourth-order valence-corrected chi connectivity index (χ4v) is 3.18. The van der Waals surface area contributed by atoms with E-state index in [1.54, 1.807) is 0 Å². The Hall–Kier alpha value is -0.650. The summed E-state index contributed by atoms with van der Waals surface area (Å²) in [6.07, 6.45) is 4.34. The quantitative estimate of drug-likeness (QED) is 0.520. The zero-order valence-corrected chi connectivity index (χ0v) is 14.3. The lowest BCUT2D eigenvalue weighted by atomic mass is 9.94. The van der Waals surface area contributed by atoms with E-state index in [1.165, 1.54) is 7.11 Å². The first-order chi connectivity index (χ1) is 9.94. The number of rotatable bonds is 9. The van der Waals surface area contributed by atoms with Crippen LogP contribution in [0.3, 0.4) is 0 Å². The largest absolute Gasteiger partial charge is 0.468 e. The lowest BCUT2D eigenvalue weighted by Crippen LogP contribution is -2.50. The van der Waals surface area contributed by atoms with Crippen LogP contribution in [0, 0.1) is 0 Å². The lowest BCUT2D eigenvalue weighted by molar-refractivity contribution is -0.148. The molecule has 5 heteroatoms. The number of esters is 1. The maximum atomic E-state index is 11.9. The van der Waals surface area contributed by atoms with Crippen LogP contribution < -0.4 is 5.32 Å². The molecule has 3 atom stereocenters. The highest BCUT2D eigenvalue weighted by molar-refractivity contribution is 5.80. The minimum Gasteiger partial charge on any atom is -0.468 e. The van der Waals surface area contributed by atoms with E-state index in [9.17, 15) is 4.79 Å². The van der Waals surface area contributed by atoms with Crippen LogP contribution >= 0.6 is 0 Å². The predicted octanol–water partition coefficient (Wildman–Crippen LogP) is 1.81. The van der Waals surface area contributed by atoms with Crippen LogP contribution in [0.2, 0.25) is 0 Å². The van der Waals surface area contributed by atoms with Gasteiger partial charge in [0, 0.05) is 12.6 Å². The van der Waals surface area contributed by atoms with Gasteiger partial charge in [0.25, 0.3) is 0 Å². The summed E-state index contributed by atoms with van der Waals surface area (Å²) in [5.74, 6) is -0.171. The number of likely N-dealkylation sites (N-methyl/N-ethyl adjacent to an activating group) is 2. The smallest absolute Gasteiger partial charge is 0.325 e. The van der Waals surface area contributed by atoms with Gasteiger partial charge in [0.15, 0.2) is 0 Å². The summed E-state index contributed by atoms with van der Waals surface area (Å²) in [6, 6.07) is 0.533. The summed E-state index contributed by atoms with van der Waals surface area (Å²) in [6.45, 7) is 8.77. The molecule has 0 aliphatic carbocycles. The minimum absolute atomic E-state index is 0.171. The van der Waals surface area contributed by atoms with Crippen molar-refractivity contribution in [2.24, 2.45) is 0 Å². The molecule has 0 aromatic heterocycles. The molecule has 1 aliphatic rings. The maximum absolute atomic E-state index is 11.9. The van der Waals surface area contributed by atoms with Crippen molar-refractivity contribution >= 4 is 5.97 Å². The zero-order valence-electron chi connectivity index (χ0n) is 14.3. The Balaban J connectivity index is 2.32. The molecule has 0 aromatic rings. The minimum atomic E-state index is -0.564. The lowest BCUT2D eigenvalue weighted by Gasteiger charge is -2.29. The first kappa shape index (κ1) is 18.4. The number of hydrogen-bond acceptors (Lipinski definition) is 5. The van der Waals surface area contributed by atoms with Crippen LogP contribution in [0.15, 0.2) is 0 Å². The van der Waals surface area contributed by atoms with Gasteiger partial charge in [-0.15, -0.1) is 0 Å². The highest BCUT2D eigenvalue weighted by Crippen LogP contribution is 2.20. The van der Waals surface area contributed by atoms with Crippen molar-refractivity contribution < 1.29 is 14.3 Å². The van der Waals surface area contributed by atoms with Crippen LogP contribution in [-0.4, -0.2) is 62.4 Å². The first-order valence-electron chi connectivity index (χ1n) is 8.10. The van der Waals surface area contributed by atoms with Gasteiger partial charge in [0.05, 0.1) is 13.2 Å². The monoisotopic (exact) mass is 300 g/mol. The number of methoxy groups -OCH3 is 1. The molecule has 0 radical (unpaired) electrons. The van der Waals surface area contributed by atoms with Crippen molar-refractivity contribution in [3.8, 4) is 0 Å². The molecule has 124 valence electrons. The molecular weight excluding hydrogens is 268 g/mol. The Kier molecular flexibility index (Phi) is 7.63. The average molecular weight is 300 g/mol. The van der Waals surface area contributed by atoms with Crippen molar-refractivity contribution in [1.29, 1.82) is 0 Å². The molecule has 5 nitrogen and oxygen atoms in total. The van der Waals surface area contributed by atoms with E-state index in [4.69, 9.17) is 9.47 Å². The van der Waals surface area contributed by atoms with Crippen LogP contribution in [-0.2, 0) is 14.3 Å². The van der Waals surface area contributed by atoms with Gasteiger partial charge in [-0.1, -0.05) is 6.92 Å². The fourth-order valence-electron chi connectivity index (χ4n) is 3.18. The van der Waals surface area contributed by atoms with E-state index < -0.39 is 5.54 Å². The number of ether oxygens (including phenoxy) is 2. The summed E-state index contributed by atoms with van der Waals surface area (Å²) in [5.41, 5.74) is -0.564. The average Bonchev–Trinajstić information content (AvgIpc) is 2.89. The van der Waals surface area contributed by atoms with E-state index in [0.717, 1.165) is 45.4 Å². The molecule has 21 heavy (non-hydrogen) atoms. The first-order valence-corrected chi connectivity index (χ1v) is 8.10. The van der Waals surface area contributed by atoms with E-state index in [-0.39, 0.29) is 5.97 Å². The molecule has 0 amide bonds. The van der Waals surface area contributed by atoms with Gasteiger partial charge >= 0.3 is 5.97 Å². The van der Waals surface area contributed by atoms with Gasteiger partial charge in [-0.05, 0) is 59.7 Å². The molecule has 1 heterocycles. The van der Waals surface area contributed by atoms with Gasteiger partial charge in [-0.3, -0.25) is 4.79 Å². The third kappa shape index (κ3) is 5.24. The number of nitrogens with one attached hydrogen (secondary N) is 1. The van der Waals surface area contributed by atoms with Gasteiger partial charge in [-0.25, -0.2) is 0 Å². The van der Waals surface area contributed by atoms with Crippen molar-refractivity contribution in [3.63, 3.8) is 0 Å². The van der Waals surface area contributed by atoms with Gasteiger partial charge in [-0.2, -0.15) is 0 Å². The Morgan fingerprint density at radius 3 is 2.71 bits per heavy atom. The summed E-state index contributed by atoms with van der Waals surface area (Å²) in [5, 5.41) is 3.25. The van der Waals surface area contributed by atoms with Gasteiger partial charge in [0.2, 0.25) is 0 Å². The molecule has 1 aliphatic heterocycles. The highest BCUT2D eigenvalue weighted by Gasteiger charge is 2.33. The zero-order chi connectivity index (χ0) is 15.9. The molecule has 1 saturated heterocycles. The topological polar surface area (TPSA) is 50.8 Å². The molecule has 0 bridgehead atoms. The molecule has 1 rings (SSSR count). The number of unbranched alkanes of at least 4 members (excludes halogenated alkanes) is 1. The van der Waals surface area contributed by atoms with Gasteiger partial charge in [0.1, 0.15) is 5.54 Å². The molecule has 1 fully saturated rings. The molecule has 0 spiro atoms. The molecular formula is C16H32N2O3. The summed E-state index contributed by atoms with van der Waals surface area (Å²) in [7, 11) is 3.62. The number of hydrogen-bond donors (Lipinski definition) is 1. The molecule has 1 N–H and O–H groups in total. The normalized spacial score (nSPS) is 25.0. The van der Waals surface area contributed by atoms with Crippen molar-refractivity contribution in [2.45, 2.75) is 64.1 Å². The Bertz CT molecular complexity index is 325. The standard InChI is InChI=1S/C16H32N2O3/c1-6-17-16(3,15(19)20-5)10-7-8-11-18(4)14-9-12-21-13(14)2/h13-14,17H,6-12H2,1-5H3. The Morgan fingerprint density at radius 1 is 1.48 bits per heavy atom. The third-order valence-electron chi connectivity index (χ3n) is 4.54. The Morgan fingerprint density at radius 2 is 2.19 bits per heavy atom. The van der Waals surface area contributed by atoms with E-state index in [2.05, 4.69) is 24.2 Å². The second-order valence-corrected chi connectivity index (χ2v) is 6.22. The number of carbonyl (C=O) groups is 1. The fraction of sp³-hybridized carbons (Fsp3) is 0.938. The van der Waals surface area contributed by atoms with Crippen LogP contribution in [0.4, 0.5) is 0 Å². The van der Waals surface area contributed by atoms with Crippen molar-refractivity contribution in [3.05, 3.63) is 0 Å². The van der Waals surface area contributed by atoms with Crippen LogP contribution in [0.5, 0.6) is 0 Å². The number of carbonyl (C=O) groups excluding carboxylic acids is 1. The summed E-state index contributed by atoms with van der Waals surface area (Å²) >= 11 is 0. The van der Waals surface area contributed by atoms with Crippen LogP contribution in [0.25, 0.3) is 0 Å².